The molecule has 1 heterocycles. The van der Waals surface area contributed by atoms with Crippen molar-refractivity contribution in [3.05, 3.63) is 35.5 Å². The zero-order valence-electron chi connectivity index (χ0n) is 25.4. The molecule has 1 aromatic heterocycles. The minimum Gasteiger partial charge on any atom is -0.358 e. The van der Waals surface area contributed by atoms with E-state index in [-0.39, 0.29) is 28.8 Å². The van der Waals surface area contributed by atoms with Gasteiger partial charge in [-0.05, 0) is 118 Å². The van der Waals surface area contributed by atoms with E-state index in [1.165, 1.54) is 67.1 Å². The van der Waals surface area contributed by atoms with Crippen LogP contribution in [0.3, 0.4) is 0 Å². The second-order valence-electron chi connectivity index (χ2n) is 16.1. The van der Waals surface area contributed by atoms with Gasteiger partial charge in [0.2, 0.25) is 11.8 Å². The van der Waals surface area contributed by atoms with E-state index in [0.717, 1.165) is 56.3 Å². The lowest BCUT2D eigenvalue weighted by molar-refractivity contribution is -0.155. The molecule has 0 saturated heterocycles. The molecule has 4 bridgehead atoms. The first-order valence-corrected chi connectivity index (χ1v) is 16.9. The molecule has 5 nitrogen and oxygen atoms in total. The second kappa shape index (κ2) is 9.10. The van der Waals surface area contributed by atoms with Gasteiger partial charge in [0.05, 0.1) is 0 Å². The molecule has 7 saturated carbocycles. The highest BCUT2D eigenvalue weighted by Crippen LogP contribution is 2.67. The van der Waals surface area contributed by atoms with Crippen molar-refractivity contribution >= 4 is 22.7 Å². The number of para-hydroxylation sites is 1. The number of aromatic amines is 1. The Bertz CT molecular complexity index is 1340. The molecule has 9 rings (SSSR count). The summed E-state index contributed by atoms with van der Waals surface area (Å²) in [4.78, 5) is 35.0. The van der Waals surface area contributed by atoms with Crippen LogP contribution in [-0.2, 0) is 9.59 Å². The van der Waals surface area contributed by atoms with Crippen molar-refractivity contribution in [2.24, 2.45) is 29.1 Å². The van der Waals surface area contributed by atoms with Crippen LogP contribution >= 0.6 is 0 Å². The molecule has 2 aromatic rings. The van der Waals surface area contributed by atoms with E-state index in [2.05, 4.69) is 60.2 Å². The topological polar surface area (TPSA) is 65.2 Å². The number of H-pyrrole nitrogens is 1. The number of amides is 2. The first-order chi connectivity index (χ1) is 19.7. The van der Waals surface area contributed by atoms with Crippen molar-refractivity contribution in [3.8, 4) is 0 Å². The Morgan fingerprint density at radius 3 is 2.22 bits per heavy atom. The third-order valence-electron chi connectivity index (χ3n) is 12.9. The van der Waals surface area contributed by atoms with Crippen LogP contribution in [0.15, 0.2) is 24.3 Å². The van der Waals surface area contributed by atoms with E-state index in [9.17, 15) is 9.59 Å². The third-order valence-corrected chi connectivity index (χ3v) is 12.9. The van der Waals surface area contributed by atoms with Crippen LogP contribution in [0.2, 0.25) is 0 Å². The number of aryl methyl sites for hydroxylation is 1. The molecular weight excluding hydrogens is 506 g/mol. The number of carbonyl (C=O) groups is 2. The largest absolute Gasteiger partial charge is 0.358 e. The van der Waals surface area contributed by atoms with Crippen LogP contribution in [-0.4, -0.2) is 38.8 Å². The Morgan fingerprint density at radius 1 is 0.951 bits per heavy atom. The number of nitrogens with zero attached hydrogens (tertiary/aromatic N) is 1. The minimum absolute atomic E-state index is 0.00893. The van der Waals surface area contributed by atoms with Crippen LogP contribution in [0.1, 0.15) is 121 Å². The maximum absolute atomic E-state index is 14.6. The van der Waals surface area contributed by atoms with Gasteiger partial charge in [-0.3, -0.25) is 9.59 Å². The molecule has 0 radical (unpaired) electrons. The molecule has 7 aliphatic carbocycles. The Kier molecular flexibility index (Phi) is 5.85. The first-order valence-electron chi connectivity index (χ1n) is 16.9. The Morgan fingerprint density at radius 2 is 1.59 bits per heavy atom. The van der Waals surface area contributed by atoms with E-state index in [4.69, 9.17) is 0 Å². The molecule has 2 atom stereocenters. The lowest BCUT2D eigenvalue weighted by Gasteiger charge is -2.58. The zero-order chi connectivity index (χ0) is 28.1. The van der Waals surface area contributed by atoms with Crippen molar-refractivity contribution in [2.75, 3.05) is 0 Å². The molecule has 0 spiro atoms. The summed E-state index contributed by atoms with van der Waals surface area (Å²) in [6, 6.07) is 8.85. The van der Waals surface area contributed by atoms with E-state index < -0.39 is 5.54 Å². The summed E-state index contributed by atoms with van der Waals surface area (Å²) in [5, 5.41) is 5.06. The average Bonchev–Trinajstić information content (AvgIpc) is 3.80. The highest BCUT2D eigenvalue weighted by atomic mass is 16.2. The van der Waals surface area contributed by atoms with Crippen molar-refractivity contribution in [3.63, 3.8) is 0 Å². The average molecular weight is 556 g/mol. The van der Waals surface area contributed by atoms with Crippen molar-refractivity contribution in [1.82, 2.24) is 15.2 Å². The van der Waals surface area contributed by atoms with E-state index in [1.807, 2.05) is 0 Å². The van der Waals surface area contributed by atoms with Crippen molar-refractivity contribution < 1.29 is 9.59 Å². The fourth-order valence-corrected chi connectivity index (χ4v) is 11.1. The number of rotatable bonds is 7. The normalized spacial score (nSPS) is 36.3. The molecule has 2 N–H and O–H groups in total. The predicted molar refractivity (Wildman–Crippen MR) is 162 cm³/mol. The SMILES string of the molecule is Cc1[nH]c2ccccc2c1[C@H]1[C@@H](CC(=O)N(C2CC2)C2(C(=O)NC34CC5CC(CC(C5)C3)C4)CCCCC2)C1(C)C. The van der Waals surface area contributed by atoms with Crippen molar-refractivity contribution in [1.29, 1.82) is 0 Å². The minimum atomic E-state index is -0.648. The fraction of sp³-hybridized carbons (Fsp3) is 0.722. The molecule has 220 valence electrons. The third kappa shape index (κ3) is 4.14. The Hall–Kier alpha value is -2.30. The molecule has 5 heteroatoms. The molecule has 0 unspecified atom stereocenters. The van der Waals surface area contributed by atoms with Gasteiger partial charge in [-0.1, -0.05) is 51.3 Å². The van der Waals surface area contributed by atoms with E-state index in [1.54, 1.807) is 0 Å². The predicted octanol–water partition coefficient (Wildman–Crippen LogP) is 7.38. The highest BCUT2D eigenvalue weighted by molar-refractivity contribution is 5.93. The molecule has 2 amide bonds. The standard InChI is InChI=1S/C36H49N3O2/c1-22-31(27-9-5-6-10-29(27)37-22)32-28(34(32,2)3)18-30(40)39(26-11-12-26)36(13-7-4-8-14-36)33(41)38-35-19-23-15-24(20-35)17-25(16-23)21-35/h5-6,9-10,23-26,28,32,37H,4,7-8,11-21H2,1-3H3,(H,38,41)/t23?,24?,25?,28-,32-,35?/m1/s1. The van der Waals surface area contributed by atoms with Crippen LogP contribution in [0.5, 0.6) is 0 Å². The van der Waals surface area contributed by atoms with E-state index in [0.29, 0.717) is 18.3 Å². The fourth-order valence-electron chi connectivity index (χ4n) is 11.1. The smallest absolute Gasteiger partial charge is 0.246 e. The zero-order valence-corrected chi connectivity index (χ0v) is 25.4. The first kappa shape index (κ1) is 26.3. The van der Waals surface area contributed by atoms with Gasteiger partial charge >= 0.3 is 0 Å². The van der Waals surface area contributed by atoms with Crippen LogP contribution in [0, 0.1) is 36.0 Å². The number of benzene rings is 1. The molecule has 7 aliphatic rings. The van der Waals surface area contributed by atoms with Crippen LogP contribution < -0.4 is 5.32 Å². The number of fused-ring (bicyclic) bond motifs is 1. The van der Waals surface area contributed by atoms with Gasteiger partial charge in [0.15, 0.2) is 0 Å². The van der Waals surface area contributed by atoms with Gasteiger partial charge in [0, 0.05) is 34.6 Å². The lowest BCUT2D eigenvalue weighted by Crippen LogP contribution is -2.68. The maximum atomic E-state index is 14.6. The summed E-state index contributed by atoms with van der Waals surface area (Å²) in [7, 11) is 0. The molecule has 41 heavy (non-hydrogen) atoms. The number of nitrogens with one attached hydrogen (secondary N) is 2. The van der Waals surface area contributed by atoms with Gasteiger partial charge in [-0.25, -0.2) is 0 Å². The Labute approximate surface area is 245 Å². The summed E-state index contributed by atoms with van der Waals surface area (Å²) in [5.41, 5.74) is 3.23. The van der Waals surface area contributed by atoms with Gasteiger partial charge in [0.1, 0.15) is 5.54 Å². The lowest BCUT2D eigenvalue weighted by atomic mass is 9.53. The molecular formula is C36H49N3O2. The number of aromatic nitrogens is 1. The number of hydrogen-bond donors (Lipinski definition) is 2. The summed E-state index contributed by atoms with van der Waals surface area (Å²) < 4.78 is 0. The van der Waals surface area contributed by atoms with Crippen LogP contribution in [0.4, 0.5) is 0 Å². The van der Waals surface area contributed by atoms with Gasteiger partial charge in [0.25, 0.3) is 0 Å². The van der Waals surface area contributed by atoms with E-state index >= 15 is 0 Å². The van der Waals surface area contributed by atoms with Gasteiger partial charge in [-0.2, -0.15) is 0 Å². The molecule has 0 aliphatic heterocycles. The number of hydrogen-bond acceptors (Lipinski definition) is 2. The maximum Gasteiger partial charge on any atom is 0.246 e. The number of carbonyl (C=O) groups excluding carboxylic acids is 2. The summed E-state index contributed by atoms with van der Waals surface area (Å²) in [6.45, 7) is 6.87. The van der Waals surface area contributed by atoms with Gasteiger partial charge in [-0.15, -0.1) is 0 Å². The highest BCUT2D eigenvalue weighted by Gasteiger charge is 2.62. The monoisotopic (exact) mass is 555 g/mol. The summed E-state index contributed by atoms with van der Waals surface area (Å²) in [5.74, 6) is 3.52. The molecule has 1 aromatic carbocycles. The van der Waals surface area contributed by atoms with Crippen molar-refractivity contribution in [2.45, 2.75) is 134 Å². The molecule has 7 fully saturated rings. The summed E-state index contributed by atoms with van der Waals surface area (Å²) >= 11 is 0. The second-order valence-corrected chi connectivity index (χ2v) is 16.1. The van der Waals surface area contributed by atoms with Crippen LogP contribution in [0.25, 0.3) is 10.9 Å². The van der Waals surface area contributed by atoms with Gasteiger partial charge < -0.3 is 15.2 Å². The Balaban J connectivity index is 1.07. The quantitative estimate of drug-likeness (QED) is 0.374. The summed E-state index contributed by atoms with van der Waals surface area (Å²) in [6.07, 6.45) is 15.3.